The second-order valence-electron chi connectivity index (χ2n) is 3.55. The molecule has 0 atom stereocenters. The van der Waals surface area contributed by atoms with Crippen molar-refractivity contribution in [3.05, 3.63) is 11.6 Å². The van der Waals surface area contributed by atoms with Crippen molar-refractivity contribution >= 4 is 0 Å². The van der Waals surface area contributed by atoms with E-state index < -0.39 is 0 Å². The molecule has 0 aromatic heterocycles. The number of hydrogen-bond acceptors (Lipinski definition) is 0. The van der Waals surface area contributed by atoms with Gasteiger partial charge in [0.25, 0.3) is 0 Å². The van der Waals surface area contributed by atoms with Gasteiger partial charge in [-0.05, 0) is 31.6 Å². The Morgan fingerprint density at radius 3 is 2.33 bits per heavy atom. The van der Waals surface area contributed by atoms with Crippen LogP contribution >= 0.6 is 0 Å². The summed E-state index contributed by atoms with van der Waals surface area (Å²) in [7, 11) is 0. The molecule has 1 rings (SSSR count). The van der Waals surface area contributed by atoms with Crippen LogP contribution in [0.15, 0.2) is 11.6 Å². The molecule has 1 fully saturated rings. The van der Waals surface area contributed by atoms with Crippen LogP contribution in [0.25, 0.3) is 0 Å². The standard InChI is InChI=1S/C9H16/c1-4-8-6-5-7-9(8,2)3/h4H,5-7H2,1-3H3. The van der Waals surface area contributed by atoms with E-state index in [1.54, 1.807) is 5.57 Å². The second kappa shape index (κ2) is 2.17. The molecule has 0 N–H and O–H groups in total. The molecule has 0 aromatic carbocycles. The van der Waals surface area contributed by atoms with Crippen LogP contribution in [0.2, 0.25) is 0 Å². The van der Waals surface area contributed by atoms with E-state index in [2.05, 4.69) is 26.8 Å². The van der Waals surface area contributed by atoms with E-state index in [4.69, 9.17) is 0 Å². The van der Waals surface area contributed by atoms with Gasteiger partial charge in [-0.3, -0.25) is 0 Å². The maximum absolute atomic E-state index is 2.34. The zero-order valence-electron chi connectivity index (χ0n) is 6.70. The average molecular weight is 124 g/mol. The van der Waals surface area contributed by atoms with Crippen LogP contribution < -0.4 is 0 Å². The Hall–Kier alpha value is -0.260. The Morgan fingerprint density at radius 1 is 1.44 bits per heavy atom. The summed E-state index contributed by atoms with van der Waals surface area (Å²) in [6.07, 6.45) is 6.40. The summed E-state index contributed by atoms with van der Waals surface area (Å²) < 4.78 is 0. The molecular formula is C9H16. The molecule has 0 radical (unpaired) electrons. The molecule has 0 spiro atoms. The highest BCUT2D eigenvalue weighted by Crippen LogP contribution is 2.41. The summed E-state index contributed by atoms with van der Waals surface area (Å²) in [5, 5.41) is 0. The smallest absolute Gasteiger partial charge is 0.0145 e. The van der Waals surface area contributed by atoms with Gasteiger partial charge in [-0.2, -0.15) is 0 Å². The van der Waals surface area contributed by atoms with Gasteiger partial charge in [-0.15, -0.1) is 0 Å². The lowest BCUT2D eigenvalue weighted by Gasteiger charge is -2.18. The molecule has 9 heavy (non-hydrogen) atoms. The third kappa shape index (κ3) is 1.17. The molecule has 1 saturated carbocycles. The third-order valence-corrected chi connectivity index (χ3v) is 2.47. The van der Waals surface area contributed by atoms with Crippen molar-refractivity contribution in [2.24, 2.45) is 5.41 Å². The Bertz CT molecular complexity index is 129. The topological polar surface area (TPSA) is 0 Å². The van der Waals surface area contributed by atoms with Gasteiger partial charge >= 0.3 is 0 Å². The highest BCUT2D eigenvalue weighted by molar-refractivity contribution is 5.15. The highest BCUT2D eigenvalue weighted by atomic mass is 14.3. The first-order valence-corrected chi connectivity index (χ1v) is 3.82. The van der Waals surface area contributed by atoms with Crippen molar-refractivity contribution in [2.45, 2.75) is 40.0 Å². The van der Waals surface area contributed by atoms with Gasteiger partial charge in [0, 0.05) is 0 Å². The van der Waals surface area contributed by atoms with E-state index in [-0.39, 0.29) is 0 Å². The molecule has 0 aromatic rings. The molecule has 0 aliphatic heterocycles. The lowest BCUT2D eigenvalue weighted by molar-refractivity contribution is 0.461. The number of rotatable bonds is 0. The van der Waals surface area contributed by atoms with Gasteiger partial charge in [0.1, 0.15) is 0 Å². The van der Waals surface area contributed by atoms with Crippen molar-refractivity contribution in [2.75, 3.05) is 0 Å². The Kier molecular flexibility index (Phi) is 1.65. The molecular weight excluding hydrogens is 108 g/mol. The van der Waals surface area contributed by atoms with Crippen LogP contribution in [0, 0.1) is 5.41 Å². The van der Waals surface area contributed by atoms with E-state index in [9.17, 15) is 0 Å². The van der Waals surface area contributed by atoms with Crippen LogP contribution in [-0.2, 0) is 0 Å². The van der Waals surface area contributed by atoms with Crippen molar-refractivity contribution in [3.8, 4) is 0 Å². The van der Waals surface area contributed by atoms with Crippen LogP contribution in [-0.4, -0.2) is 0 Å². The maximum Gasteiger partial charge on any atom is -0.0145 e. The van der Waals surface area contributed by atoms with Gasteiger partial charge < -0.3 is 0 Å². The number of hydrogen-bond donors (Lipinski definition) is 0. The molecule has 0 heteroatoms. The molecule has 0 heterocycles. The first-order chi connectivity index (χ1) is 4.17. The minimum atomic E-state index is 0.523. The van der Waals surface area contributed by atoms with E-state index in [1.807, 2.05) is 0 Å². The molecule has 0 saturated heterocycles. The van der Waals surface area contributed by atoms with Gasteiger partial charge in [-0.1, -0.05) is 25.5 Å². The minimum Gasteiger partial charge on any atom is -0.0879 e. The summed E-state index contributed by atoms with van der Waals surface area (Å²) in [6.45, 7) is 6.84. The zero-order chi connectivity index (χ0) is 6.91. The molecule has 0 unspecified atom stereocenters. The summed E-state index contributed by atoms with van der Waals surface area (Å²) in [5.74, 6) is 0. The first-order valence-electron chi connectivity index (χ1n) is 3.82. The Labute approximate surface area is 58.0 Å². The molecule has 1 aliphatic rings. The fraction of sp³-hybridized carbons (Fsp3) is 0.778. The number of allylic oxidation sites excluding steroid dienone is 2. The maximum atomic E-state index is 2.34. The van der Waals surface area contributed by atoms with Crippen LogP contribution in [0.3, 0.4) is 0 Å². The largest absolute Gasteiger partial charge is 0.0879 e. The van der Waals surface area contributed by atoms with Crippen LogP contribution in [0.1, 0.15) is 40.0 Å². The lowest BCUT2D eigenvalue weighted by atomic mass is 9.87. The minimum absolute atomic E-state index is 0.523. The van der Waals surface area contributed by atoms with Gasteiger partial charge in [0.05, 0.1) is 0 Å². The van der Waals surface area contributed by atoms with Gasteiger partial charge in [0.15, 0.2) is 0 Å². The second-order valence-corrected chi connectivity index (χ2v) is 3.55. The third-order valence-electron chi connectivity index (χ3n) is 2.47. The van der Waals surface area contributed by atoms with Crippen molar-refractivity contribution < 1.29 is 0 Å². The summed E-state index contributed by atoms with van der Waals surface area (Å²) in [5.41, 5.74) is 2.18. The predicted molar refractivity (Wildman–Crippen MR) is 41.4 cm³/mol. The molecule has 52 valence electrons. The predicted octanol–water partition coefficient (Wildman–Crippen LogP) is 3.14. The fourth-order valence-electron chi connectivity index (χ4n) is 1.75. The first kappa shape index (κ1) is 6.85. The summed E-state index contributed by atoms with van der Waals surface area (Å²) in [4.78, 5) is 0. The van der Waals surface area contributed by atoms with E-state index in [0.717, 1.165) is 0 Å². The SMILES string of the molecule is CC=C1CCCC1(C)C. The van der Waals surface area contributed by atoms with Crippen LogP contribution in [0.5, 0.6) is 0 Å². The summed E-state index contributed by atoms with van der Waals surface area (Å²) in [6, 6.07) is 0. The van der Waals surface area contributed by atoms with Gasteiger partial charge in [-0.25, -0.2) is 0 Å². The molecule has 0 amide bonds. The fourth-order valence-corrected chi connectivity index (χ4v) is 1.75. The Balaban J connectivity index is 2.75. The van der Waals surface area contributed by atoms with Gasteiger partial charge in [0.2, 0.25) is 0 Å². The molecule has 1 aliphatic carbocycles. The Morgan fingerprint density at radius 2 is 2.11 bits per heavy atom. The summed E-state index contributed by atoms with van der Waals surface area (Å²) >= 11 is 0. The highest BCUT2D eigenvalue weighted by Gasteiger charge is 2.27. The zero-order valence-corrected chi connectivity index (χ0v) is 6.70. The normalized spacial score (nSPS) is 29.4. The van der Waals surface area contributed by atoms with Crippen molar-refractivity contribution in [1.82, 2.24) is 0 Å². The van der Waals surface area contributed by atoms with E-state index >= 15 is 0 Å². The van der Waals surface area contributed by atoms with E-state index in [1.165, 1.54) is 19.3 Å². The monoisotopic (exact) mass is 124 g/mol. The van der Waals surface area contributed by atoms with Crippen LogP contribution in [0.4, 0.5) is 0 Å². The molecule has 0 bridgehead atoms. The quantitative estimate of drug-likeness (QED) is 0.435. The van der Waals surface area contributed by atoms with Crippen molar-refractivity contribution in [1.29, 1.82) is 0 Å². The van der Waals surface area contributed by atoms with Crippen molar-refractivity contribution in [3.63, 3.8) is 0 Å². The molecule has 0 nitrogen and oxygen atoms in total. The van der Waals surface area contributed by atoms with E-state index in [0.29, 0.717) is 5.41 Å². The average Bonchev–Trinajstić information content (AvgIpc) is 2.08. The lowest BCUT2D eigenvalue weighted by Crippen LogP contribution is -2.06.